The Morgan fingerprint density at radius 2 is 1.89 bits per heavy atom. The van der Waals surface area contributed by atoms with Crippen LogP contribution < -0.4 is 10.1 Å². The van der Waals surface area contributed by atoms with E-state index in [1.807, 2.05) is 0 Å². The third-order valence-electron chi connectivity index (χ3n) is 4.15. The molecule has 27 heavy (non-hydrogen) atoms. The number of amides is 1. The lowest BCUT2D eigenvalue weighted by atomic mass is 10.2. The molecule has 0 atom stereocenters. The highest BCUT2D eigenvalue weighted by atomic mass is 35.5. The zero-order chi connectivity index (χ0) is 19.4. The van der Waals surface area contributed by atoms with Crippen LogP contribution in [0, 0.1) is 0 Å². The molecule has 1 heterocycles. The molecule has 0 spiro atoms. The number of nitrogens with zero attached hydrogens (tertiary/aromatic N) is 1. The highest BCUT2D eigenvalue weighted by molar-refractivity contribution is 7.89. The monoisotopic (exact) mass is 410 g/mol. The Balaban J connectivity index is 1.92. The number of hydrogen-bond donors (Lipinski definition) is 1. The summed E-state index contributed by atoms with van der Waals surface area (Å²) in [4.78, 5) is 12.6. The number of hydrogen-bond acceptors (Lipinski definition) is 5. The van der Waals surface area contributed by atoms with Gasteiger partial charge in [0.15, 0.2) is 0 Å². The number of benzene rings is 2. The summed E-state index contributed by atoms with van der Waals surface area (Å²) in [6, 6.07) is 10.9. The molecule has 9 heteroatoms. The van der Waals surface area contributed by atoms with Gasteiger partial charge in [-0.05, 0) is 30.3 Å². The third-order valence-corrected chi connectivity index (χ3v) is 6.37. The van der Waals surface area contributed by atoms with Crippen LogP contribution >= 0.6 is 11.6 Å². The third kappa shape index (κ3) is 4.24. The highest BCUT2D eigenvalue weighted by Crippen LogP contribution is 2.30. The van der Waals surface area contributed by atoms with Gasteiger partial charge in [-0.2, -0.15) is 4.31 Å². The predicted octanol–water partition coefficient (Wildman–Crippen LogP) is 2.62. The second kappa shape index (κ2) is 8.26. The normalized spacial score (nSPS) is 15.3. The predicted molar refractivity (Wildman–Crippen MR) is 102 cm³/mol. The average molecular weight is 411 g/mol. The van der Waals surface area contributed by atoms with E-state index >= 15 is 0 Å². The van der Waals surface area contributed by atoms with Gasteiger partial charge in [-0.15, -0.1) is 0 Å². The van der Waals surface area contributed by atoms with Crippen LogP contribution in [0.4, 0.5) is 5.69 Å². The SMILES string of the molecule is COc1ccc(S(=O)(=O)N2CCOCC2)cc1NC(=O)c1ccccc1Cl. The molecule has 0 aromatic heterocycles. The first-order chi connectivity index (χ1) is 12.9. The van der Waals surface area contributed by atoms with Crippen LogP contribution in [-0.2, 0) is 14.8 Å². The van der Waals surface area contributed by atoms with Crippen LogP contribution in [0.15, 0.2) is 47.4 Å². The minimum absolute atomic E-state index is 0.0691. The van der Waals surface area contributed by atoms with Gasteiger partial charge in [-0.25, -0.2) is 8.42 Å². The van der Waals surface area contributed by atoms with Gasteiger partial charge in [0.25, 0.3) is 5.91 Å². The summed E-state index contributed by atoms with van der Waals surface area (Å²) in [5, 5.41) is 2.98. The number of carbonyl (C=O) groups is 1. The van der Waals surface area contributed by atoms with E-state index in [9.17, 15) is 13.2 Å². The maximum Gasteiger partial charge on any atom is 0.257 e. The van der Waals surface area contributed by atoms with Gasteiger partial charge in [-0.1, -0.05) is 23.7 Å². The number of rotatable bonds is 5. The van der Waals surface area contributed by atoms with Gasteiger partial charge in [0.2, 0.25) is 10.0 Å². The van der Waals surface area contributed by atoms with E-state index < -0.39 is 15.9 Å². The van der Waals surface area contributed by atoms with Crippen molar-refractivity contribution in [2.24, 2.45) is 0 Å². The molecule has 0 radical (unpaired) electrons. The quantitative estimate of drug-likeness (QED) is 0.819. The standard InChI is InChI=1S/C18H19ClN2O5S/c1-25-17-7-6-13(27(23,24)21-8-10-26-11-9-21)12-16(17)20-18(22)14-4-2-3-5-15(14)19/h2-7,12H,8-11H2,1H3,(H,20,22). The number of morpholine rings is 1. The molecule has 3 rings (SSSR count). The van der Waals surface area contributed by atoms with Gasteiger partial charge in [0.1, 0.15) is 5.75 Å². The van der Waals surface area contributed by atoms with Crippen molar-refractivity contribution in [1.82, 2.24) is 4.31 Å². The number of anilines is 1. The van der Waals surface area contributed by atoms with Crippen LogP contribution in [0.3, 0.4) is 0 Å². The Labute approximate surface area is 162 Å². The van der Waals surface area contributed by atoms with Gasteiger partial charge < -0.3 is 14.8 Å². The fourth-order valence-corrected chi connectivity index (χ4v) is 4.37. The molecule has 144 valence electrons. The van der Waals surface area contributed by atoms with Crippen LogP contribution in [0.25, 0.3) is 0 Å². The van der Waals surface area contributed by atoms with Gasteiger partial charge in [-0.3, -0.25) is 4.79 Å². The van der Waals surface area contributed by atoms with E-state index in [0.717, 1.165) is 0 Å². The fourth-order valence-electron chi connectivity index (χ4n) is 2.72. The largest absolute Gasteiger partial charge is 0.495 e. The second-order valence-corrected chi connectivity index (χ2v) is 8.16. The molecule has 1 aliphatic heterocycles. The number of sulfonamides is 1. The lowest BCUT2D eigenvalue weighted by Crippen LogP contribution is -2.40. The van der Waals surface area contributed by atoms with E-state index in [-0.39, 0.29) is 29.2 Å². The van der Waals surface area contributed by atoms with Crippen LogP contribution in [0.5, 0.6) is 5.75 Å². The topological polar surface area (TPSA) is 84.9 Å². The Morgan fingerprint density at radius 3 is 2.56 bits per heavy atom. The maximum atomic E-state index is 12.8. The molecule has 1 amide bonds. The zero-order valence-corrected chi connectivity index (χ0v) is 16.2. The fraction of sp³-hybridized carbons (Fsp3) is 0.278. The van der Waals surface area contributed by atoms with E-state index in [1.165, 1.54) is 29.6 Å². The first kappa shape index (κ1) is 19.6. The molecular weight excluding hydrogens is 392 g/mol. The van der Waals surface area contributed by atoms with Crippen molar-refractivity contribution in [2.45, 2.75) is 4.90 Å². The maximum absolute atomic E-state index is 12.8. The van der Waals surface area contributed by atoms with E-state index in [2.05, 4.69) is 5.32 Å². The lowest BCUT2D eigenvalue weighted by molar-refractivity contribution is 0.0730. The summed E-state index contributed by atoms with van der Waals surface area (Å²) in [6.07, 6.45) is 0. The molecule has 1 aliphatic rings. The summed E-state index contributed by atoms with van der Waals surface area (Å²) >= 11 is 6.06. The Kier molecular flexibility index (Phi) is 6.01. The average Bonchev–Trinajstić information content (AvgIpc) is 2.69. The summed E-state index contributed by atoms with van der Waals surface area (Å²) in [5.74, 6) is -0.115. The Hall–Kier alpha value is -2.13. The first-order valence-corrected chi connectivity index (χ1v) is 10.1. The minimum Gasteiger partial charge on any atom is -0.495 e. The summed E-state index contributed by atoms with van der Waals surface area (Å²) < 4.78 is 37.5. The smallest absolute Gasteiger partial charge is 0.257 e. The molecule has 2 aromatic carbocycles. The summed E-state index contributed by atoms with van der Waals surface area (Å²) in [5.41, 5.74) is 0.527. The summed E-state index contributed by atoms with van der Waals surface area (Å²) in [7, 11) is -2.26. The van der Waals surface area contributed by atoms with E-state index in [1.54, 1.807) is 24.3 Å². The van der Waals surface area contributed by atoms with Crippen molar-refractivity contribution < 1.29 is 22.7 Å². The Morgan fingerprint density at radius 1 is 1.19 bits per heavy atom. The molecule has 0 unspecified atom stereocenters. The van der Waals surface area contributed by atoms with Crippen molar-refractivity contribution in [1.29, 1.82) is 0 Å². The van der Waals surface area contributed by atoms with Crippen LogP contribution in [0.2, 0.25) is 5.02 Å². The molecule has 1 fully saturated rings. The number of ether oxygens (including phenoxy) is 2. The molecule has 0 aliphatic carbocycles. The van der Waals surface area contributed by atoms with Gasteiger partial charge >= 0.3 is 0 Å². The minimum atomic E-state index is -3.70. The van der Waals surface area contributed by atoms with Gasteiger partial charge in [0, 0.05) is 13.1 Å². The molecule has 7 nitrogen and oxygen atoms in total. The second-order valence-electron chi connectivity index (χ2n) is 5.81. The summed E-state index contributed by atoms with van der Waals surface area (Å²) in [6.45, 7) is 1.28. The molecule has 2 aromatic rings. The molecule has 1 saturated heterocycles. The van der Waals surface area contributed by atoms with E-state index in [0.29, 0.717) is 24.0 Å². The van der Waals surface area contributed by atoms with Crippen molar-refractivity contribution in [3.63, 3.8) is 0 Å². The van der Waals surface area contributed by atoms with Crippen molar-refractivity contribution in [3.05, 3.63) is 53.1 Å². The first-order valence-electron chi connectivity index (χ1n) is 8.25. The molecule has 0 saturated carbocycles. The highest BCUT2D eigenvalue weighted by Gasteiger charge is 2.27. The zero-order valence-electron chi connectivity index (χ0n) is 14.6. The van der Waals surface area contributed by atoms with Gasteiger partial charge in [0.05, 0.1) is 41.5 Å². The Bertz CT molecular complexity index is 943. The van der Waals surface area contributed by atoms with Crippen molar-refractivity contribution in [3.8, 4) is 5.75 Å². The number of methoxy groups -OCH3 is 1. The number of carbonyl (C=O) groups excluding carboxylic acids is 1. The number of nitrogens with one attached hydrogen (secondary N) is 1. The lowest BCUT2D eigenvalue weighted by Gasteiger charge is -2.26. The number of halogens is 1. The molecule has 0 bridgehead atoms. The van der Waals surface area contributed by atoms with Crippen molar-refractivity contribution >= 4 is 33.2 Å². The van der Waals surface area contributed by atoms with E-state index in [4.69, 9.17) is 21.1 Å². The molecular formula is C18H19ClN2O5S. The van der Waals surface area contributed by atoms with Crippen molar-refractivity contribution in [2.75, 3.05) is 38.7 Å². The van der Waals surface area contributed by atoms with Crippen LogP contribution in [0.1, 0.15) is 10.4 Å². The molecule has 1 N–H and O–H groups in total. The van der Waals surface area contributed by atoms with Crippen LogP contribution in [-0.4, -0.2) is 52.0 Å².